The molecule has 1 saturated heterocycles. The van der Waals surface area contributed by atoms with Crippen molar-refractivity contribution in [1.29, 1.82) is 0 Å². The van der Waals surface area contributed by atoms with Gasteiger partial charge in [0.05, 0.1) is 21.2 Å². The van der Waals surface area contributed by atoms with Crippen LogP contribution in [0.2, 0.25) is 5.02 Å². The van der Waals surface area contributed by atoms with Crippen molar-refractivity contribution in [2.45, 2.75) is 47.4 Å². The number of halogens is 1. The molecular weight excluding hydrogens is 454 g/mol. The molecule has 0 N–H and O–H groups in total. The molecule has 31 heavy (non-hydrogen) atoms. The second-order valence-electron chi connectivity index (χ2n) is 7.39. The van der Waals surface area contributed by atoms with Gasteiger partial charge in [0.1, 0.15) is 6.04 Å². The van der Waals surface area contributed by atoms with Gasteiger partial charge in [-0.25, -0.2) is 13.1 Å². The standard InChI is InChI=1S/C22H22ClN3O3S2/c1-15-21(30-18-12-10-17(23)11-13-18)16(2)26(24-15)22(27)20-9-6-14-25(20)31(28,29)19-7-4-3-5-8-19/h3-5,7-8,10-13,20H,6,9,14H2,1-2H3/t20-/m1/s1. The Bertz CT molecular complexity index is 1210. The topological polar surface area (TPSA) is 72.3 Å². The molecule has 1 aromatic heterocycles. The van der Waals surface area contributed by atoms with E-state index in [4.69, 9.17) is 11.6 Å². The zero-order chi connectivity index (χ0) is 22.2. The molecule has 1 fully saturated rings. The lowest BCUT2D eigenvalue weighted by atomic mass is 10.2. The average Bonchev–Trinajstić information content (AvgIpc) is 3.37. The highest BCUT2D eigenvalue weighted by Crippen LogP contribution is 2.34. The van der Waals surface area contributed by atoms with E-state index in [1.165, 1.54) is 20.7 Å². The fraction of sp³-hybridized carbons (Fsp3) is 0.273. The molecule has 3 aromatic rings. The summed E-state index contributed by atoms with van der Waals surface area (Å²) in [6.45, 7) is 4.00. The van der Waals surface area contributed by atoms with Crippen LogP contribution in [-0.4, -0.2) is 41.0 Å². The molecule has 4 rings (SSSR count). The van der Waals surface area contributed by atoms with Crippen molar-refractivity contribution in [1.82, 2.24) is 14.1 Å². The Kier molecular flexibility index (Phi) is 6.25. The molecule has 2 aromatic carbocycles. The minimum absolute atomic E-state index is 0.196. The summed E-state index contributed by atoms with van der Waals surface area (Å²) >= 11 is 7.47. The summed E-state index contributed by atoms with van der Waals surface area (Å²) in [5.41, 5.74) is 1.42. The Balaban J connectivity index is 1.63. The molecule has 0 saturated carbocycles. The summed E-state index contributed by atoms with van der Waals surface area (Å²) < 4.78 is 28.9. The Morgan fingerprint density at radius 2 is 1.77 bits per heavy atom. The van der Waals surface area contributed by atoms with E-state index in [9.17, 15) is 13.2 Å². The molecule has 0 spiro atoms. The van der Waals surface area contributed by atoms with E-state index < -0.39 is 16.1 Å². The maximum absolute atomic E-state index is 13.4. The minimum atomic E-state index is -3.76. The number of aromatic nitrogens is 2. The molecule has 0 amide bonds. The maximum Gasteiger partial charge on any atom is 0.265 e. The van der Waals surface area contributed by atoms with E-state index in [-0.39, 0.29) is 10.8 Å². The summed E-state index contributed by atoms with van der Waals surface area (Å²) in [5, 5.41) is 5.11. The zero-order valence-electron chi connectivity index (χ0n) is 17.2. The first-order valence-corrected chi connectivity index (χ1v) is 12.5. The molecule has 1 aliphatic rings. The van der Waals surface area contributed by atoms with Gasteiger partial charge in [0.2, 0.25) is 10.0 Å². The van der Waals surface area contributed by atoms with E-state index in [1.54, 1.807) is 30.3 Å². The van der Waals surface area contributed by atoms with Gasteiger partial charge >= 0.3 is 0 Å². The van der Waals surface area contributed by atoms with E-state index in [0.29, 0.717) is 30.1 Å². The van der Waals surface area contributed by atoms with Crippen LogP contribution < -0.4 is 0 Å². The van der Waals surface area contributed by atoms with Crippen LogP contribution >= 0.6 is 23.4 Å². The maximum atomic E-state index is 13.4. The summed E-state index contributed by atoms with van der Waals surface area (Å²) in [4.78, 5) is 15.4. The van der Waals surface area contributed by atoms with Gasteiger partial charge in [0.15, 0.2) is 0 Å². The van der Waals surface area contributed by atoms with Crippen molar-refractivity contribution < 1.29 is 13.2 Å². The third kappa shape index (κ3) is 4.30. The van der Waals surface area contributed by atoms with Crippen LogP contribution in [0.4, 0.5) is 0 Å². The van der Waals surface area contributed by atoms with E-state index in [0.717, 1.165) is 15.5 Å². The van der Waals surface area contributed by atoms with Gasteiger partial charge in [-0.15, -0.1) is 0 Å². The van der Waals surface area contributed by atoms with Gasteiger partial charge in [0, 0.05) is 16.5 Å². The van der Waals surface area contributed by atoms with Crippen LogP contribution in [0.25, 0.3) is 0 Å². The number of sulfonamides is 1. The minimum Gasteiger partial charge on any atom is -0.271 e. The monoisotopic (exact) mass is 475 g/mol. The summed E-state index contributed by atoms with van der Waals surface area (Å²) in [5.74, 6) is -0.319. The smallest absolute Gasteiger partial charge is 0.265 e. The first kappa shape index (κ1) is 22.1. The zero-order valence-corrected chi connectivity index (χ0v) is 19.5. The molecular formula is C22H22ClN3O3S2. The van der Waals surface area contributed by atoms with Gasteiger partial charge in [0.25, 0.3) is 5.91 Å². The van der Waals surface area contributed by atoms with Crippen LogP contribution in [0.15, 0.2) is 69.3 Å². The van der Waals surface area contributed by atoms with Crippen molar-refractivity contribution in [3.8, 4) is 0 Å². The molecule has 9 heteroatoms. The third-order valence-electron chi connectivity index (χ3n) is 5.31. The fourth-order valence-corrected chi connectivity index (χ4v) is 6.48. The molecule has 0 aliphatic carbocycles. The Morgan fingerprint density at radius 1 is 1.10 bits per heavy atom. The molecule has 0 bridgehead atoms. The molecule has 1 atom stereocenters. The summed E-state index contributed by atoms with van der Waals surface area (Å²) in [6.07, 6.45) is 1.11. The highest BCUT2D eigenvalue weighted by Gasteiger charge is 2.41. The lowest BCUT2D eigenvalue weighted by Crippen LogP contribution is -2.43. The van der Waals surface area contributed by atoms with E-state index in [1.807, 2.05) is 38.1 Å². The van der Waals surface area contributed by atoms with Crippen LogP contribution in [0.5, 0.6) is 0 Å². The van der Waals surface area contributed by atoms with Crippen LogP contribution in [0.3, 0.4) is 0 Å². The molecule has 162 valence electrons. The lowest BCUT2D eigenvalue weighted by Gasteiger charge is -2.23. The van der Waals surface area contributed by atoms with Crippen molar-refractivity contribution in [3.05, 3.63) is 71.0 Å². The number of hydrogen-bond donors (Lipinski definition) is 0. The first-order valence-electron chi connectivity index (χ1n) is 9.90. The summed E-state index contributed by atoms with van der Waals surface area (Å²) in [6, 6.07) is 14.9. The number of rotatable bonds is 5. The van der Waals surface area contributed by atoms with Gasteiger partial charge in [-0.2, -0.15) is 9.40 Å². The normalized spacial score (nSPS) is 17.2. The van der Waals surface area contributed by atoms with E-state index in [2.05, 4.69) is 5.10 Å². The Labute approximate surface area is 191 Å². The molecule has 1 aliphatic heterocycles. The average molecular weight is 476 g/mol. The molecule has 0 radical (unpaired) electrons. The van der Waals surface area contributed by atoms with Crippen molar-refractivity contribution >= 4 is 39.3 Å². The predicted octanol–water partition coefficient (Wildman–Crippen LogP) is 4.80. The van der Waals surface area contributed by atoms with Crippen LogP contribution in [0, 0.1) is 13.8 Å². The Morgan fingerprint density at radius 3 is 2.45 bits per heavy atom. The van der Waals surface area contributed by atoms with Gasteiger partial charge in [-0.3, -0.25) is 4.79 Å². The van der Waals surface area contributed by atoms with Gasteiger partial charge in [-0.05, 0) is 63.1 Å². The van der Waals surface area contributed by atoms with Gasteiger partial charge < -0.3 is 0 Å². The molecule has 6 nitrogen and oxygen atoms in total. The fourth-order valence-electron chi connectivity index (χ4n) is 3.75. The third-order valence-corrected chi connectivity index (χ3v) is 8.78. The highest BCUT2D eigenvalue weighted by atomic mass is 35.5. The van der Waals surface area contributed by atoms with Gasteiger partial charge in [-0.1, -0.05) is 41.6 Å². The summed E-state index contributed by atoms with van der Waals surface area (Å²) in [7, 11) is -3.76. The lowest BCUT2D eigenvalue weighted by molar-refractivity contribution is 0.0813. The Hall–Kier alpha value is -2.13. The number of benzene rings is 2. The molecule has 2 heterocycles. The molecule has 0 unspecified atom stereocenters. The number of nitrogens with zero attached hydrogens (tertiary/aromatic N) is 3. The number of hydrogen-bond acceptors (Lipinski definition) is 5. The van der Waals surface area contributed by atoms with Crippen molar-refractivity contribution in [2.75, 3.05) is 6.54 Å². The van der Waals surface area contributed by atoms with Crippen molar-refractivity contribution in [2.24, 2.45) is 0 Å². The predicted molar refractivity (Wildman–Crippen MR) is 121 cm³/mol. The van der Waals surface area contributed by atoms with Crippen LogP contribution in [0.1, 0.15) is 29.0 Å². The van der Waals surface area contributed by atoms with Crippen molar-refractivity contribution in [3.63, 3.8) is 0 Å². The number of carbonyl (C=O) groups is 1. The largest absolute Gasteiger partial charge is 0.271 e. The second kappa shape index (κ2) is 8.78. The van der Waals surface area contributed by atoms with Crippen LogP contribution in [-0.2, 0) is 10.0 Å². The quantitative estimate of drug-likeness (QED) is 0.530. The SMILES string of the molecule is Cc1nn(C(=O)[C@H]2CCCN2S(=O)(=O)c2ccccc2)c(C)c1Sc1ccc(Cl)cc1. The number of aryl methyl sites for hydroxylation is 1. The first-order chi connectivity index (χ1) is 14.8. The van der Waals surface area contributed by atoms with E-state index >= 15 is 0 Å². The second-order valence-corrected chi connectivity index (χ2v) is 10.8. The number of carbonyl (C=O) groups excluding carboxylic acids is 1. The highest BCUT2D eigenvalue weighted by molar-refractivity contribution is 7.99.